The molecule has 0 amide bonds. The van der Waals surface area contributed by atoms with Crippen molar-refractivity contribution in [3.8, 4) is 0 Å². The van der Waals surface area contributed by atoms with Crippen molar-refractivity contribution in [2.45, 2.75) is 89.6 Å². The van der Waals surface area contributed by atoms with E-state index in [0.29, 0.717) is 5.92 Å². The third-order valence-electron chi connectivity index (χ3n) is 7.59. The van der Waals surface area contributed by atoms with Crippen LogP contribution in [-0.2, 0) is 29.9 Å². The monoisotopic (exact) mass is 498 g/mol. The molecule has 2 fully saturated rings. The lowest BCUT2D eigenvalue weighted by atomic mass is 9.77. The van der Waals surface area contributed by atoms with E-state index >= 15 is 0 Å². The summed E-state index contributed by atoms with van der Waals surface area (Å²) in [5.74, 6) is 1.31. The molecule has 0 aromatic heterocycles. The molecule has 0 bridgehead atoms. The van der Waals surface area contributed by atoms with Crippen LogP contribution in [0.5, 0.6) is 0 Å². The van der Waals surface area contributed by atoms with Crippen molar-refractivity contribution in [1.82, 2.24) is 0 Å². The van der Waals surface area contributed by atoms with E-state index in [1.165, 1.54) is 44.2 Å². The second kappa shape index (κ2) is 10.2. The van der Waals surface area contributed by atoms with Gasteiger partial charge in [0.2, 0.25) is 0 Å². The standard InChI is InChI=1S/C28H32F6O/c1-3-4-18-5-10-20(11-6-18)21-12-7-19(8-13-21)9-14-22-17(2)15-23(24-16-35-24)26(28(32,33)34)25(22)27(29,30)31/h7-8,12-13,15,18,20,24H,3-6,9-11,14,16H2,1-2H3. The van der Waals surface area contributed by atoms with Crippen LogP contribution in [0, 0.1) is 12.8 Å². The minimum Gasteiger partial charge on any atom is -0.368 e. The van der Waals surface area contributed by atoms with E-state index in [4.69, 9.17) is 4.74 Å². The average molecular weight is 499 g/mol. The van der Waals surface area contributed by atoms with Crippen molar-refractivity contribution in [3.63, 3.8) is 0 Å². The molecule has 1 nitrogen and oxygen atoms in total. The van der Waals surface area contributed by atoms with Gasteiger partial charge in [0.05, 0.1) is 17.7 Å². The minimum atomic E-state index is -5.12. The van der Waals surface area contributed by atoms with Crippen LogP contribution in [0.15, 0.2) is 30.3 Å². The average Bonchev–Trinajstić information content (AvgIpc) is 3.63. The zero-order valence-corrected chi connectivity index (χ0v) is 20.2. The SMILES string of the molecule is CCCC1CCC(c2ccc(CCc3c(C)cc(C4CO4)c(C(F)(F)F)c3C(F)(F)F)cc2)CC1. The third-order valence-corrected chi connectivity index (χ3v) is 7.59. The van der Waals surface area contributed by atoms with Gasteiger partial charge >= 0.3 is 12.4 Å². The van der Waals surface area contributed by atoms with Gasteiger partial charge in [0.1, 0.15) is 6.10 Å². The first-order chi connectivity index (χ1) is 16.5. The molecule has 2 aliphatic rings. The largest absolute Gasteiger partial charge is 0.417 e. The zero-order chi connectivity index (χ0) is 25.4. The molecule has 1 unspecified atom stereocenters. The molecule has 2 aromatic rings. The van der Waals surface area contributed by atoms with Crippen LogP contribution < -0.4 is 0 Å². The van der Waals surface area contributed by atoms with Gasteiger partial charge in [-0.15, -0.1) is 0 Å². The predicted molar refractivity (Wildman–Crippen MR) is 123 cm³/mol. The smallest absolute Gasteiger partial charge is 0.368 e. The summed E-state index contributed by atoms with van der Waals surface area (Å²) in [5, 5.41) is 0. The highest BCUT2D eigenvalue weighted by atomic mass is 19.4. The number of epoxide rings is 1. The maximum Gasteiger partial charge on any atom is 0.417 e. The van der Waals surface area contributed by atoms with Crippen molar-refractivity contribution >= 4 is 0 Å². The van der Waals surface area contributed by atoms with Crippen LogP contribution in [0.2, 0.25) is 0 Å². The summed E-state index contributed by atoms with van der Waals surface area (Å²) < 4.78 is 88.4. The van der Waals surface area contributed by atoms with Crippen molar-refractivity contribution in [1.29, 1.82) is 0 Å². The fourth-order valence-electron chi connectivity index (χ4n) is 5.73. The highest BCUT2D eigenvalue weighted by Crippen LogP contribution is 2.49. The highest BCUT2D eigenvalue weighted by molar-refractivity contribution is 5.51. The molecular weight excluding hydrogens is 466 g/mol. The Hall–Kier alpha value is -2.02. The molecule has 1 saturated carbocycles. The molecule has 1 saturated heterocycles. The lowest BCUT2D eigenvalue weighted by Gasteiger charge is -2.28. The van der Waals surface area contributed by atoms with Crippen LogP contribution in [-0.4, -0.2) is 6.61 Å². The predicted octanol–water partition coefficient (Wildman–Crippen LogP) is 8.96. The number of ether oxygens (including phenoxy) is 1. The maximum absolute atomic E-state index is 14.0. The highest BCUT2D eigenvalue weighted by Gasteiger charge is 2.49. The Morgan fingerprint density at radius 3 is 1.97 bits per heavy atom. The van der Waals surface area contributed by atoms with Gasteiger partial charge in [0, 0.05) is 0 Å². The summed E-state index contributed by atoms with van der Waals surface area (Å²) in [6.45, 7) is 3.67. The van der Waals surface area contributed by atoms with Crippen molar-refractivity contribution in [2.24, 2.45) is 5.92 Å². The molecule has 0 radical (unpaired) electrons. The summed E-state index contributed by atoms with van der Waals surface area (Å²) in [5.41, 5.74) is -1.57. The van der Waals surface area contributed by atoms with Gasteiger partial charge in [0.15, 0.2) is 0 Å². The van der Waals surface area contributed by atoms with Gasteiger partial charge in [0.25, 0.3) is 0 Å². The quantitative estimate of drug-likeness (QED) is 0.274. The molecule has 192 valence electrons. The molecule has 35 heavy (non-hydrogen) atoms. The summed E-state index contributed by atoms with van der Waals surface area (Å²) in [4.78, 5) is 0. The fraction of sp³-hybridized carbons (Fsp3) is 0.571. The normalized spacial score (nSPS) is 22.9. The van der Waals surface area contributed by atoms with Gasteiger partial charge in [-0.1, -0.05) is 50.1 Å². The van der Waals surface area contributed by atoms with Crippen LogP contribution in [0.4, 0.5) is 26.3 Å². The molecule has 1 aliphatic carbocycles. The lowest BCUT2D eigenvalue weighted by molar-refractivity contribution is -0.163. The maximum atomic E-state index is 14.0. The van der Waals surface area contributed by atoms with Gasteiger partial charge in [-0.2, -0.15) is 26.3 Å². The number of alkyl halides is 6. The molecule has 0 N–H and O–H groups in total. The van der Waals surface area contributed by atoms with Crippen LogP contribution in [0.1, 0.15) is 96.4 Å². The molecule has 1 heterocycles. The van der Waals surface area contributed by atoms with E-state index in [2.05, 4.69) is 6.92 Å². The van der Waals surface area contributed by atoms with Crippen LogP contribution in [0.25, 0.3) is 0 Å². The number of benzene rings is 2. The molecule has 2 aromatic carbocycles. The van der Waals surface area contributed by atoms with Crippen LogP contribution >= 0.6 is 0 Å². The first kappa shape index (κ1) is 26.1. The Bertz CT molecular complexity index is 1010. The lowest BCUT2D eigenvalue weighted by Crippen LogP contribution is -2.22. The van der Waals surface area contributed by atoms with Gasteiger partial charge in [-0.05, 0) is 85.1 Å². The van der Waals surface area contributed by atoms with E-state index in [1.54, 1.807) is 0 Å². The Labute approximate surface area is 202 Å². The van der Waals surface area contributed by atoms with E-state index in [9.17, 15) is 26.3 Å². The van der Waals surface area contributed by atoms with Gasteiger partial charge < -0.3 is 4.74 Å². The summed E-state index contributed by atoms with van der Waals surface area (Å²) >= 11 is 0. The minimum absolute atomic E-state index is 0.00572. The fourth-order valence-corrected chi connectivity index (χ4v) is 5.73. The summed E-state index contributed by atoms with van der Waals surface area (Å²) in [6, 6.07) is 9.11. The van der Waals surface area contributed by atoms with E-state index in [-0.39, 0.29) is 30.6 Å². The summed E-state index contributed by atoms with van der Waals surface area (Å²) in [6.07, 6.45) is -3.80. The van der Waals surface area contributed by atoms with E-state index in [1.807, 2.05) is 24.3 Å². The Balaban J connectivity index is 1.54. The summed E-state index contributed by atoms with van der Waals surface area (Å²) in [7, 11) is 0. The first-order valence-corrected chi connectivity index (χ1v) is 12.5. The van der Waals surface area contributed by atoms with Gasteiger partial charge in [-0.25, -0.2) is 0 Å². The Morgan fingerprint density at radius 1 is 0.857 bits per heavy atom. The molecular formula is C28H32F6O. The number of halogens is 6. The van der Waals surface area contributed by atoms with Crippen molar-refractivity contribution in [3.05, 3.63) is 69.3 Å². The van der Waals surface area contributed by atoms with Crippen molar-refractivity contribution in [2.75, 3.05) is 6.61 Å². The Kier molecular flexibility index (Phi) is 7.56. The van der Waals surface area contributed by atoms with Crippen LogP contribution in [0.3, 0.4) is 0 Å². The third kappa shape index (κ3) is 6.04. The second-order valence-electron chi connectivity index (χ2n) is 10.1. The number of rotatable bonds is 7. The van der Waals surface area contributed by atoms with E-state index in [0.717, 1.165) is 24.3 Å². The molecule has 1 aliphatic heterocycles. The second-order valence-corrected chi connectivity index (χ2v) is 10.1. The number of hydrogen-bond donors (Lipinski definition) is 0. The molecule has 7 heteroatoms. The number of hydrogen-bond acceptors (Lipinski definition) is 1. The Morgan fingerprint density at radius 2 is 1.46 bits per heavy atom. The molecule has 4 rings (SSSR count). The zero-order valence-electron chi connectivity index (χ0n) is 20.2. The van der Waals surface area contributed by atoms with E-state index < -0.39 is 35.1 Å². The van der Waals surface area contributed by atoms with Gasteiger partial charge in [-0.3, -0.25) is 0 Å². The first-order valence-electron chi connectivity index (χ1n) is 12.5. The van der Waals surface area contributed by atoms with Crippen molar-refractivity contribution < 1.29 is 31.1 Å². The number of aryl methyl sites for hydroxylation is 2. The topological polar surface area (TPSA) is 12.5 Å². The molecule has 0 spiro atoms. The molecule has 1 atom stereocenters.